The van der Waals surface area contributed by atoms with Crippen LogP contribution in [-0.4, -0.2) is 27.7 Å². The van der Waals surface area contributed by atoms with Crippen molar-refractivity contribution in [3.05, 3.63) is 103 Å². The van der Waals surface area contributed by atoms with Gasteiger partial charge in [-0.1, -0.05) is 144 Å². The molecule has 8 nitrogen and oxygen atoms in total. The van der Waals surface area contributed by atoms with Gasteiger partial charge in [0, 0.05) is 22.3 Å². The van der Waals surface area contributed by atoms with Crippen molar-refractivity contribution in [2.75, 3.05) is 10.6 Å². The summed E-state index contributed by atoms with van der Waals surface area (Å²) in [6, 6.07) is 18.6. The molecule has 3 N–H and O–H groups in total. The van der Waals surface area contributed by atoms with Crippen LogP contribution in [-0.2, 0) is 11.2 Å². The molecule has 0 aliphatic rings. The van der Waals surface area contributed by atoms with E-state index in [1.54, 1.807) is 24.3 Å². The number of carbonyl (C=O) groups excluding carboxylic acids is 2. The van der Waals surface area contributed by atoms with E-state index in [-0.39, 0.29) is 33.0 Å². The highest BCUT2D eigenvalue weighted by Gasteiger charge is 2.20. The number of hydrogen-bond acceptors (Lipinski definition) is 4. The Balaban J connectivity index is 1.22. The number of carbonyl (C=O) groups is 2. The zero-order valence-electron chi connectivity index (χ0n) is 30.2. The topological polar surface area (TPSA) is 105 Å². The molecule has 0 saturated carbocycles. The predicted octanol–water partition coefficient (Wildman–Crippen LogP) is 11.8. The smallest absolute Gasteiger partial charge is 0.273 e. The second-order valence-electron chi connectivity index (χ2n) is 13.2. The lowest BCUT2D eigenvalue weighted by Gasteiger charge is -2.18. The number of halogens is 3. The minimum Gasteiger partial charge on any atom is -0.481 e. The van der Waals surface area contributed by atoms with E-state index in [1.165, 1.54) is 101 Å². The summed E-state index contributed by atoms with van der Waals surface area (Å²) in [7, 11) is 0. The number of nitrogens with one attached hydrogen (secondary N) is 3. The Hall–Kier alpha value is -3.72. The van der Waals surface area contributed by atoms with Crippen molar-refractivity contribution >= 4 is 58.1 Å². The summed E-state index contributed by atoms with van der Waals surface area (Å²) in [6.45, 7) is 4.16. The third-order valence-corrected chi connectivity index (χ3v) is 9.77. The Kier molecular flexibility index (Phi) is 17.1. The monoisotopic (exact) mass is 768 g/mol. The van der Waals surface area contributed by atoms with Crippen LogP contribution < -0.4 is 20.9 Å². The van der Waals surface area contributed by atoms with E-state index in [1.807, 2.05) is 25.1 Å². The average Bonchev–Trinajstić information content (AvgIpc) is 3.47. The number of H-pyrrole nitrogens is 1. The Labute approximate surface area is 322 Å². The first-order chi connectivity index (χ1) is 25.2. The largest absolute Gasteiger partial charge is 0.481 e. The van der Waals surface area contributed by atoms with Crippen molar-refractivity contribution in [1.29, 1.82) is 0 Å². The molecule has 0 fully saturated rings. The summed E-state index contributed by atoms with van der Waals surface area (Å²) in [5.74, 6) is -0.0341. The second-order valence-corrected chi connectivity index (χ2v) is 14.5. The Bertz CT molecular complexity index is 1780. The fraction of sp³-hybridized carbons (Fsp3) is 0.439. The van der Waals surface area contributed by atoms with E-state index >= 15 is 0 Å². The molecule has 3 aromatic carbocycles. The van der Waals surface area contributed by atoms with Crippen molar-refractivity contribution in [3.8, 4) is 11.4 Å². The number of anilines is 2. The number of aryl methyl sites for hydroxylation is 1. The zero-order valence-corrected chi connectivity index (χ0v) is 32.5. The normalized spacial score (nSPS) is 11.7. The molecular weight excluding hydrogens is 719 g/mol. The molecule has 1 unspecified atom stereocenters. The maximum atomic E-state index is 13.3. The summed E-state index contributed by atoms with van der Waals surface area (Å²) in [4.78, 5) is 39.0. The van der Waals surface area contributed by atoms with Crippen molar-refractivity contribution in [3.63, 3.8) is 0 Å². The first-order valence-corrected chi connectivity index (χ1v) is 19.8. The number of ether oxygens (including phenoxy) is 1. The predicted molar refractivity (Wildman–Crippen MR) is 215 cm³/mol. The van der Waals surface area contributed by atoms with Crippen LogP contribution in [0, 0.1) is 0 Å². The summed E-state index contributed by atoms with van der Waals surface area (Å²) in [6.07, 6.45) is 18.0. The number of nitrogens with zero attached hydrogens (tertiary/aromatic N) is 1. The Morgan fingerprint density at radius 1 is 0.750 bits per heavy atom. The molecule has 1 aromatic heterocycles. The highest BCUT2D eigenvalue weighted by molar-refractivity contribution is 6.40. The minimum absolute atomic E-state index is 0.127. The van der Waals surface area contributed by atoms with Crippen LogP contribution in [0.5, 0.6) is 5.75 Å². The maximum Gasteiger partial charge on any atom is 0.273 e. The van der Waals surface area contributed by atoms with Gasteiger partial charge < -0.3 is 15.4 Å². The van der Waals surface area contributed by atoms with Gasteiger partial charge in [-0.2, -0.15) is 0 Å². The molecule has 0 bridgehead atoms. The molecule has 52 heavy (non-hydrogen) atoms. The standard InChI is InChI=1S/C41H51Cl3N4O4/c1-3-5-6-7-8-9-10-11-12-13-14-15-16-19-29-20-17-23-33(24-29)52-36(4-2)41(51)45-32-22-18-21-30(25-32)40(50)46-37-28-38(49)48(47-37)39-34(43)26-31(42)27-35(39)44/h17-18,20-28,36,47H,3-16,19H2,1-2H3,(H,45,51)(H,46,50). The molecule has 2 amide bonds. The molecule has 4 aromatic rings. The van der Waals surface area contributed by atoms with Crippen molar-refractivity contribution in [1.82, 2.24) is 9.78 Å². The lowest BCUT2D eigenvalue weighted by atomic mass is 10.0. The highest BCUT2D eigenvalue weighted by atomic mass is 35.5. The summed E-state index contributed by atoms with van der Waals surface area (Å²) in [5.41, 5.74) is 1.62. The quantitative estimate of drug-likeness (QED) is 0.0692. The molecule has 1 heterocycles. The third kappa shape index (κ3) is 13.0. The fourth-order valence-electron chi connectivity index (χ4n) is 6.14. The first-order valence-electron chi connectivity index (χ1n) is 18.6. The van der Waals surface area contributed by atoms with Crippen molar-refractivity contribution in [2.45, 2.75) is 116 Å². The van der Waals surface area contributed by atoms with Gasteiger partial charge in [0.25, 0.3) is 17.4 Å². The van der Waals surface area contributed by atoms with Crippen LogP contribution in [0.15, 0.2) is 71.5 Å². The lowest BCUT2D eigenvalue weighted by molar-refractivity contribution is -0.122. The van der Waals surface area contributed by atoms with E-state index < -0.39 is 17.6 Å². The Morgan fingerprint density at radius 2 is 1.37 bits per heavy atom. The number of hydrogen-bond donors (Lipinski definition) is 3. The van der Waals surface area contributed by atoms with Crippen LogP contribution in [0.25, 0.3) is 5.69 Å². The molecule has 1 atom stereocenters. The number of unbranched alkanes of at least 4 members (excludes halogenated alkanes) is 12. The molecule has 0 spiro atoms. The third-order valence-electron chi connectivity index (χ3n) is 8.98. The SMILES string of the molecule is CCCCCCCCCCCCCCCc1cccc(OC(CC)C(=O)Nc2cccc(C(=O)Nc3cc(=O)n(-c4c(Cl)cc(Cl)cc4Cl)[nH]3)c2)c1. The van der Waals surface area contributed by atoms with Crippen LogP contribution in [0.2, 0.25) is 15.1 Å². The van der Waals surface area contributed by atoms with Gasteiger partial charge in [0.15, 0.2) is 6.10 Å². The van der Waals surface area contributed by atoms with Gasteiger partial charge in [0.05, 0.1) is 10.0 Å². The van der Waals surface area contributed by atoms with E-state index in [4.69, 9.17) is 39.5 Å². The van der Waals surface area contributed by atoms with Gasteiger partial charge in [0.1, 0.15) is 17.3 Å². The zero-order chi connectivity index (χ0) is 37.3. The average molecular weight is 770 g/mol. The summed E-state index contributed by atoms with van der Waals surface area (Å²) >= 11 is 18.5. The van der Waals surface area contributed by atoms with Crippen molar-refractivity contribution < 1.29 is 14.3 Å². The number of amides is 2. The molecule has 280 valence electrons. The van der Waals surface area contributed by atoms with Gasteiger partial charge in [0.2, 0.25) is 0 Å². The van der Waals surface area contributed by atoms with E-state index in [0.717, 1.165) is 17.5 Å². The van der Waals surface area contributed by atoms with Gasteiger partial charge in [-0.15, -0.1) is 0 Å². The van der Waals surface area contributed by atoms with E-state index in [9.17, 15) is 14.4 Å². The number of aromatic amines is 1. The molecule has 0 aliphatic heterocycles. The van der Waals surface area contributed by atoms with Crippen LogP contribution in [0.3, 0.4) is 0 Å². The lowest BCUT2D eigenvalue weighted by Crippen LogP contribution is -2.32. The fourth-order valence-corrected chi connectivity index (χ4v) is 7.12. The van der Waals surface area contributed by atoms with E-state index in [0.29, 0.717) is 22.9 Å². The van der Waals surface area contributed by atoms with E-state index in [2.05, 4.69) is 28.7 Å². The Morgan fingerprint density at radius 3 is 2.00 bits per heavy atom. The van der Waals surface area contributed by atoms with Crippen LogP contribution in [0.4, 0.5) is 11.5 Å². The number of rotatable bonds is 22. The number of benzene rings is 3. The van der Waals surface area contributed by atoms with Crippen LogP contribution >= 0.6 is 34.8 Å². The maximum absolute atomic E-state index is 13.3. The molecule has 11 heteroatoms. The molecule has 0 radical (unpaired) electrons. The molecule has 4 rings (SSSR count). The minimum atomic E-state index is -0.722. The van der Waals surface area contributed by atoms with Gasteiger partial charge in [-0.05, 0) is 67.3 Å². The van der Waals surface area contributed by atoms with Gasteiger partial charge in [-0.3, -0.25) is 19.5 Å². The second kappa shape index (κ2) is 21.7. The molecule has 0 saturated heterocycles. The van der Waals surface area contributed by atoms with Crippen LogP contribution in [0.1, 0.15) is 120 Å². The van der Waals surface area contributed by atoms with Gasteiger partial charge >= 0.3 is 0 Å². The number of aromatic nitrogens is 2. The van der Waals surface area contributed by atoms with Gasteiger partial charge in [-0.25, -0.2) is 4.68 Å². The molecular formula is C41H51Cl3N4O4. The molecule has 0 aliphatic carbocycles. The summed E-state index contributed by atoms with van der Waals surface area (Å²) < 4.78 is 7.25. The first kappa shape index (κ1) is 41.0. The summed E-state index contributed by atoms with van der Waals surface area (Å²) in [5, 5.41) is 8.99. The highest BCUT2D eigenvalue weighted by Crippen LogP contribution is 2.31. The van der Waals surface area contributed by atoms with Crippen molar-refractivity contribution in [2.24, 2.45) is 0 Å².